The van der Waals surface area contributed by atoms with Crippen LogP contribution in [-0.4, -0.2) is 32.3 Å². The van der Waals surface area contributed by atoms with E-state index in [1.165, 1.54) is 16.9 Å². The van der Waals surface area contributed by atoms with Gasteiger partial charge in [0.15, 0.2) is 0 Å². The first-order chi connectivity index (χ1) is 12.3. The van der Waals surface area contributed by atoms with Crippen LogP contribution in [0.3, 0.4) is 0 Å². The van der Waals surface area contributed by atoms with Crippen LogP contribution < -0.4 is 5.32 Å². The van der Waals surface area contributed by atoms with Crippen molar-refractivity contribution in [1.29, 1.82) is 0 Å². The molecular weight excluding hydrogens is 337 g/mol. The molecule has 26 heavy (non-hydrogen) atoms. The number of nitrogens with zero attached hydrogens (tertiary/aromatic N) is 2. The number of benzene rings is 1. The predicted molar refractivity (Wildman–Crippen MR) is 93.7 cm³/mol. The predicted octanol–water partition coefficient (Wildman–Crippen LogP) is 3.08. The number of para-hydroxylation sites is 1. The number of rotatable bonds is 4. The van der Waals surface area contributed by atoms with Crippen LogP contribution >= 0.6 is 0 Å². The average Bonchev–Trinajstić information content (AvgIpc) is 2.99. The third-order valence-electron chi connectivity index (χ3n) is 5.23. The van der Waals surface area contributed by atoms with Crippen LogP contribution in [0, 0.1) is 18.7 Å². The number of carbonyl (C=O) groups excluding carboxylic acids is 1. The molecule has 1 aliphatic rings. The van der Waals surface area contributed by atoms with Crippen molar-refractivity contribution >= 4 is 11.9 Å². The number of carboxylic acids is 1. The molecule has 6 nitrogen and oxygen atoms in total. The van der Waals surface area contributed by atoms with Crippen molar-refractivity contribution in [1.82, 2.24) is 15.1 Å². The first-order valence-corrected chi connectivity index (χ1v) is 8.69. The number of nitrogens with one attached hydrogen (secondary N) is 1. The van der Waals surface area contributed by atoms with E-state index in [1.54, 1.807) is 25.1 Å². The summed E-state index contributed by atoms with van der Waals surface area (Å²) in [5, 5.41) is 16.5. The summed E-state index contributed by atoms with van der Waals surface area (Å²) >= 11 is 0. The molecule has 1 aromatic carbocycles. The van der Waals surface area contributed by atoms with Crippen LogP contribution in [0.5, 0.6) is 0 Å². The lowest BCUT2D eigenvalue weighted by molar-refractivity contribution is -0.146. The molecule has 0 radical (unpaired) electrons. The summed E-state index contributed by atoms with van der Waals surface area (Å²) in [6, 6.07) is 6.14. The van der Waals surface area contributed by atoms with Crippen molar-refractivity contribution in [2.24, 2.45) is 5.92 Å². The molecule has 2 aromatic rings. The van der Waals surface area contributed by atoms with Gasteiger partial charge in [-0.2, -0.15) is 5.10 Å². The van der Waals surface area contributed by atoms with Gasteiger partial charge in [0.05, 0.1) is 17.5 Å². The van der Waals surface area contributed by atoms with Gasteiger partial charge in [-0.1, -0.05) is 19.1 Å². The van der Waals surface area contributed by atoms with E-state index in [2.05, 4.69) is 17.3 Å². The van der Waals surface area contributed by atoms with E-state index in [0.717, 1.165) is 12.8 Å². The summed E-state index contributed by atoms with van der Waals surface area (Å²) < 4.78 is 15.4. The van der Waals surface area contributed by atoms with Crippen molar-refractivity contribution < 1.29 is 19.1 Å². The minimum Gasteiger partial charge on any atom is -0.480 e. The first-order valence-electron chi connectivity index (χ1n) is 8.69. The Morgan fingerprint density at radius 3 is 2.58 bits per heavy atom. The molecule has 1 fully saturated rings. The second-order valence-corrected chi connectivity index (χ2v) is 7.03. The molecule has 2 N–H and O–H groups in total. The number of carboxylic acid groups (broad SMARTS) is 1. The largest absolute Gasteiger partial charge is 0.480 e. The minimum atomic E-state index is -1.25. The van der Waals surface area contributed by atoms with Crippen LogP contribution in [0.4, 0.5) is 4.39 Å². The normalized spacial score (nSPS) is 22.8. The van der Waals surface area contributed by atoms with Gasteiger partial charge in [0, 0.05) is 0 Å². The molecular formula is C19H22FN3O3. The molecule has 0 bridgehead atoms. The van der Waals surface area contributed by atoms with Gasteiger partial charge in [0.2, 0.25) is 0 Å². The quantitative estimate of drug-likeness (QED) is 0.879. The second kappa shape index (κ2) is 6.90. The smallest absolute Gasteiger partial charge is 0.329 e. The van der Waals surface area contributed by atoms with Gasteiger partial charge in [-0.25, -0.2) is 13.9 Å². The van der Waals surface area contributed by atoms with Gasteiger partial charge in [-0.3, -0.25) is 4.79 Å². The first kappa shape index (κ1) is 18.1. The second-order valence-electron chi connectivity index (χ2n) is 7.03. The van der Waals surface area contributed by atoms with Crippen LogP contribution in [-0.2, 0) is 4.79 Å². The van der Waals surface area contributed by atoms with Crippen molar-refractivity contribution in [3.05, 3.63) is 47.5 Å². The van der Waals surface area contributed by atoms with Crippen LogP contribution in [0.25, 0.3) is 5.69 Å². The molecule has 0 spiro atoms. The summed E-state index contributed by atoms with van der Waals surface area (Å²) in [6.45, 7) is 3.74. The zero-order chi connectivity index (χ0) is 18.9. The molecule has 138 valence electrons. The topological polar surface area (TPSA) is 84.2 Å². The molecule has 0 unspecified atom stereocenters. The number of hydrogen-bond donors (Lipinski definition) is 2. The Morgan fingerprint density at radius 1 is 1.31 bits per heavy atom. The Labute approximate surface area is 151 Å². The highest BCUT2D eigenvalue weighted by atomic mass is 19.1. The zero-order valence-corrected chi connectivity index (χ0v) is 14.8. The molecule has 1 saturated carbocycles. The lowest BCUT2D eigenvalue weighted by atomic mass is 9.77. The lowest BCUT2D eigenvalue weighted by Crippen LogP contribution is -2.56. The fourth-order valence-corrected chi connectivity index (χ4v) is 3.43. The van der Waals surface area contributed by atoms with E-state index in [9.17, 15) is 19.1 Å². The molecule has 1 amide bonds. The average molecular weight is 359 g/mol. The third-order valence-corrected chi connectivity index (χ3v) is 5.23. The van der Waals surface area contributed by atoms with E-state index in [0.29, 0.717) is 24.5 Å². The Hall–Kier alpha value is -2.70. The zero-order valence-electron chi connectivity index (χ0n) is 14.8. The summed E-state index contributed by atoms with van der Waals surface area (Å²) in [5.41, 5.74) is -0.316. The monoisotopic (exact) mass is 359 g/mol. The number of hydrogen-bond acceptors (Lipinski definition) is 3. The van der Waals surface area contributed by atoms with Gasteiger partial charge in [0.1, 0.15) is 17.0 Å². The Bertz CT molecular complexity index is 838. The summed E-state index contributed by atoms with van der Waals surface area (Å²) in [7, 11) is 0. The van der Waals surface area contributed by atoms with Gasteiger partial charge in [-0.05, 0) is 50.7 Å². The minimum absolute atomic E-state index is 0.239. The van der Waals surface area contributed by atoms with Gasteiger partial charge < -0.3 is 10.4 Å². The molecule has 0 saturated heterocycles. The van der Waals surface area contributed by atoms with Crippen LogP contribution in [0.1, 0.15) is 48.7 Å². The highest BCUT2D eigenvalue weighted by Gasteiger charge is 2.43. The highest BCUT2D eigenvalue weighted by molar-refractivity contribution is 5.98. The van der Waals surface area contributed by atoms with Crippen molar-refractivity contribution in [3.63, 3.8) is 0 Å². The number of aromatic nitrogens is 2. The number of carbonyl (C=O) groups is 2. The standard InChI is InChI=1S/C19H22FN3O3/c1-12-7-9-19(10-8-12,18(25)26)22-17(24)14-11-21-23(13(14)2)16-6-4-3-5-15(16)20/h3-6,11-12H,7-10H2,1-2H3,(H,22,24)(H,25,26). The summed E-state index contributed by atoms with van der Waals surface area (Å²) in [6.07, 6.45) is 3.64. The van der Waals surface area contributed by atoms with E-state index in [-0.39, 0.29) is 11.3 Å². The molecule has 0 aliphatic heterocycles. The maximum atomic E-state index is 14.0. The lowest BCUT2D eigenvalue weighted by Gasteiger charge is -2.36. The molecule has 1 aromatic heterocycles. The maximum absolute atomic E-state index is 14.0. The van der Waals surface area contributed by atoms with Crippen LogP contribution in [0.15, 0.2) is 30.5 Å². The molecule has 7 heteroatoms. The number of halogens is 1. The highest BCUT2D eigenvalue weighted by Crippen LogP contribution is 2.32. The third kappa shape index (κ3) is 3.21. The van der Waals surface area contributed by atoms with E-state index in [4.69, 9.17) is 0 Å². The van der Waals surface area contributed by atoms with Crippen molar-refractivity contribution in [2.45, 2.75) is 45.1 Å². The molecule has 0 atom stereocenters. The molecule has 1 heterocycles. The summed E-state index contributed by atoms with van der Waals surface area (Å²) in [4.78, 5) is 24.6. The maximum Gasteiger partial charge on any atom is 0.329 e. The fourth-order valence-electron chi connectivity index (χ4n) is 3.43. The van der Waals surface area contributed by atoms with Gasteiger partial charge in [-0.15, -0.1) is 0 Å². The Morgan fingerprint density at radius 2 is 1.96 bits per heavy atom. The van der Waals surface area contributed by atoms with Crippen molar-refractivity contribution in [2.75, 3.05) is 0 Å². The number of amides is 1. The summed E-state index contributed by atoms with van der Waals surface area (Å²) in [5.74, 6) is -1.52. The van der Waals surface area contributed by atoms with Gasteiger partial charge in [0.25, 0.3) is 5.91 Å². The van der Waals surface area contributed by atoms with E-state index >= 15 is 0 Å². The Kier molecular flexibility index (Phi) is 4.80. The van der Waals surface area contributed by atoms with Crippen LogP contribution in [0.2, 0.25) is 0 Å². The SMILES string of the molecule is Cc1c(C(=O)NC2(C(=O)O)CCC(C)CC2)cnn1-c1ccccc1F. The van der Waals surface area contributed by atoms with E-state index in [1.807, 2.05) is 0 Å². The molecule has 1 aliphatic carbocycles. The van der Waals surface area contributed by atoms with Crippen molar-refractivity contribution in [3.8, 4) is 5.69 Å². The van der Waals surface area contributed by atoms with E-state index < -0.39 is 23.2 Å². The Balaban J connectivity index is 1.87. The number of aliphatic carboxylic acids is 1. The fraction of sp³-hybridized carbons (Fsp3) is 0.421. The van der Waals surface area contributed by atoms with Gasteiger partial charge >= 0.3 is 5.97 Å². The molecule has 3 rings (SSSR count).